The van der Waals surface area contributed by atoms with Crippen LogP contribution < -0.4 is 5.32 Å². The second-order valence-electron chi connectivity index (χ2n) is 4.75. The molecule has 2 rings (SSSR count). The number of carboxylic acid groups (broad SMARTS) is 1. The molecule has 5 nitrogen and oxygen atoms in total. The van der Waals surface area contributed by atoms with Crippen LogP contribution in [0.5, 0.6) is 0 Å². The molecule has 1 saturated carbocycles. The van der Waals surface area contributed by atoms with Crippen molar-refractivity contribution >= 4 is 23.5 Å². The van der Waals surface area contributed by atoms with Crippen molar-refractivity contribution < 1.29 is 9.90 Å². The van der Waals surface area contributed by atoms with Crippen molar-refractivity contribution in [2.24, 2.45) is 7.05 Å². The van der Waals surface area contributed by atoms with Gasteiger partial charge < -0.3 is 10.4 Å². The lowest BCUT2D eigenvalue weighted by atomic mass is 10.2. The average Bonchev–Trinajstić information content (AvgIpc) is 2.85. The Kier molecular flexibility index (Phi) is 3.85. The Morgan fingerprint density at radius 3 is 2.83 bits per heavy atom. The number of nitrogens with zero attached hydrogens (tertiary/aromatic N) is 2. The molecule has 0 amide bonds. The molecular weight excluding hydrogens is 250 g/mol. The summed E-state index contributed by atoms with van der Waals surface area (Å²) in [5, 5.41) is 17.5. The van der Waals surface area contributed by atoms with Gasteiger partial charge in [-0.25, -0.2) is 4.79 Å². The van der Waals surface area contributed by atoms with E-state index in [1.807, 2.05) is 11.8 Å². The summed E-state index contributed by atoms with van der Waals surface area (Å²) in [6.45, 7) is 1.73. The molecule has 6 heteroatoms. The molecule has 1 aliphatic rings. The van der Waals surface area contributed by atoms with E-state index < -0.39 is 5.97 Å². The largest absolute Gasteiger partial charge is 0.477 e. The Morgan fingerprint density at radius 2 is 2.28 bits per heavy atom. The minimum Gasteiger partial charge on any atom is -0.477 e. The molecule has 1 aromatic rings. The Bertz CT molecular complexity index is 458. The third-order valence-corrected chi connectivity index (χ3v) is 4.59. The van der Waals surface area contributed by atoms with Crippen LogP contribution in [-0.4, -0.2) is 38.4 Å². The van der Waals surface area contributed by atoms with Crippen molar-refractivity contribution in [3.63, 3.8) is 0 Å². The molecular formula is C12H19N3O2S. The second kappa shape index (κ2) is 5.22. The molecule has 1 aliphatic carbocycles. The topological polar surface area (TPSA) is 67.2 Å². The highest BCUT2D eigenvalue weighted by molar-refractivity contribution is 7.99. The predicted molar refractivity (Wildman–Crippen MR) is 73.5 cm³/mol. The fourth-order valence-corrected chi connectivity index (χ4v) is 3.35. The van der Waals surface area contributed by atoms with Crippen LogP contribution in [0, 0.1) is 6.92 Å². The summed E-state index contributed by atoms with van der Waals surface area (Å²) in [4.78, 5) is 11.3. The van der Waals surface area contributed by atoms with Crippen molar-refractivity contribution in [1.82, 2.24) is 9.78 Å². The van der Waals surface area contributed by atoms with Gasteiger partial charge >= 0.3 is 5.97 Å². The van der Waals surface area contributed by atoms with Gasteiger partial charge in [-0.1, -0.05) is 0 Å². The van der Waals surface area contributed by atoms with E-state index in [9.17, 15) is 9.90 Å². The highest BCUT2D eigenvalue weighted by atomic mass is 32.2. The minimum absolute atomic E-state index is 0.296. The summed E-state index contributed by atoms with van der Waals surface area (Å²) in [6.07, 6.45) is 5.50. The predicted octanol–water partition coefficient (Wildman–Crippen LogP) is 2.12. The maximum atomic E-state index is 11.3. The zero-order valence-corrected chi connectivity index (χ0v) is 11.8. The van der Waals surface area contributed by atoms with Gasteiger partial charge in [0, 0.05) is 18.3 Å². The fraction of sp³-hybridized carbons (Fsp3) is 0.667. The fourth-order valence-electron chi connectivity index (χ4n) is 2.56. The highest BCUT2D eigenvalue weighted by Crippen LogP contribution is 2.31. The summed E-state index contributed by atoms with van der Waals surface area (Å²) in [5.41, 5.74) is 0.858. The molecule has 0 aromatic carbocycles. The van der Waals surface area contributed by atoms with Gasteiger partial charge in [-0.15, -0.1) is 0 Å². The van der Waals surface area contributed by atoms with E-state index in [1.165, 1.54) is 6.42 Å². The smallest absolute Gasteiger partial charge is 0.341 e. The molecule has 0 saturated heterocycles. The van der Waals surface area contributed by atoms with Crippen LogP contribution in [0.1, 0.15) is 35.3 Å². The van der Waals surface area contributed by atoms with Gasteiger partial charge in [0.05, 0.1) is 5.69 Å². The standard InChI is InChI=1S/C12H19N3O2S/c1-7-10(12(16)17)11(15(2)14-7)13-8-4-5-9(6-8)18-3/h8-9,13H,4-6H2,1-3H3,(H,16,17). The van der Waals surface area contributed by atoms with E-state index in [2.05, 4.69) is 16.7 Å². The van der Waals surface area contributed by atoms with Gasteiger partial charge in [0.2, 0.25) is 0 Å². The van der Waals surface area contributed by atoms with Gasteiger partial charge in [-0.2, -0.15) is 16.9 Å². The Morgan fingerprint density at radius 1 is 1.56 bits per heavy atom. The molecule has 0 aliphatic heterocycles. The van der Waals surface area contributed by atoms with Crippen LogP contribution in [0.2, 0.25) is 0 Å². The molecule has 0 spiro atoms. The summed E-state index contributed by atoms with van der Waals surface area (Å²) >= 11 is 1.89. The first kappa shape index (κ1) is 13.3. The monoisotopic (exact) mass is 269 g/mol. The van der Waals surface area contributed by atoms with Gasteiger partial charge in [0.25, 0.3) is 0 Å². The van der Waals surface area contributed by atoms with Crippen LogP contribution in [0.4, 0.5) is 5.82 Å². The summed E-state index contributed by atoms with van der Waals surface area (Å²) in [6, 6.07) is 0.357. The average molecular weight is 269 g/mol. The number of rotatable bonds is 4. The maximum Gasteiger partial charge on any atom is 0.341 e. The van der Waals surface area contributed by atoms with Gasteiger partial charge in [0.1, 0.15) is 11.4 Å². The Balaban J connectivity index is 2.17. The van der Waals surface area contributed by atoms with Gasteiger partial charge in [-0.05, 0) is 32.4 Å². The zero-order chi connectivity index (χ0) is 13.3. The summed E-state index contributed by atoms with van der Waals surface area (Å²) in [5.74, 6) is -0.283. The lowest BCUT2D eigenvalue weighted by Crippen LogP contribution is -2.20. The number of carboxylic acids is 1. The van der Waals surface area contributed by atoms with Crippen molar-refractivity contribution in [1.29, 1.82) is 0 Å². The zero-order valence-electron chi connectivity index (χ0n) is 10.9. The van der Waals surface area contributed by atoms with Crippen LogP contribution in [0.15, 0.2) is 0 Å². The first-order chi connectivity index (χ1) is 8.52. The third-order valence-electron chi connectivity index (χ3n) is 3.49. The number of anilines is 1. The third kappa shape index (κ3) is 2.48. The second-order valence-corrected chi connectivity index (χ2v) is 5.89. The number of carbonyl (C=O) groups is 1. The van der Waals surface area contributed by atoms with Crippen LogP contribution in [0.25, 0.3) is 0 Å². The molecule has 1 heterocycles. The molecule has 1 fully saturated rings. The normalized spacial score (nSPS) is 23.3. The first-order valence-electron chi connectivity index (χ1n) is 6.09. The van der Waals surface area contributed by atoms with Gasteiger partial charge in [-0.3, -0.25) is 4.68 Å². The van der Waals surface area contributed by atoms with E-state index in [0.717, 1.165) is 12.8 Å². The molecule has 1 aromatic heterocycles. The van der Waals surface area contributed by atoms with Crippen LogP contribution >= 0.6 is 11.8 Å². The van der Waals surface area contributed by atoms with Crippen LogP contribution in [0.3, 0.4) is 0 Å². The van der Waals surface area contributed by atoms with E-state index in [-0.39, 0.29) is 0 Å². The van der Waals surface area contributed by atoms with Crippen molar-refractivity contribution in [2.75, 3.05) is 11.6 Å². The number of aromatic nitrogens is 2. The molecule has 18 heavy (non-hydrogen) atoms. The number of nitrogens with one attached hydrogen (secondary N) is 1. The van der Waals surface area contributed by atoms with Crippen molar-refractivity contribution in [3.05, 3.63) is 11.3 Å². The van der Waals surface area contributed by atoms with E-state index in [1.54, 1.807) is 18.7 Å². The maximum absolute atomic E-state index is 11.3. The minimum atomic E-state index is -0.914. The Hall–Kier alpha value is -1.17. The van der Waals surface area contributed by atoms with Gasteiger partial charge in [0.15, 0.2) is 0 Å². The lowest BCUT2D eigenvalue weighted by molar-refractivity contribution is 0.0697. The number of thioether (sulfide) groups is 1. The summed E-state index contributed by atoms with van der Waals surface area (Å²) < 4.78 is 1.63. The molecule has 100 valence electrons. The molecule has 0 bridgehead atoms. The molecule has 0 radical (unpaired) electrons. The number of hydrogen-bond donors (Lipinski definition) is 2. The van der Waals surface area contributed by atoms with Crippen molar-refractivity contribution in [3.8, 4) is 0 Å². The quantitative estimate of drug-likeness (QED) is 0.876. The highest BCUT2D eigenvalue weighted by Gasteiger charge is 2.27. The van der Waals surface area contributed by atoms with E-state index in [0.29, 0.717) is 28.4 Å². The molecule has 2 unspecified atom stereocenters. The Labute approximate surface area is 111 Å². The van der Waals surface area contributed by atoms with Crippen molar-refractivity contribution in [2.45, 2.75) is 37.5 Å². The number of aromatic carboxylic acids is 1. The molecule has 2 atom stereocenters. The SMILES string of the molecule is CSC1CCC(Nc2c(C(=O)O)c(C)nn2C)C1. The van der Waals surface area contributed by atoms with E-state index in [4.69, 9.17) is 0 Å². The first-order valence-corrected chi connectivity index (χ1v) is 7.38. The van der Waals surface area contributed by atoms with E-state index >= 15 is 0 Å². The number of aryl methyl sites for hydroxylation is 2. The molecule has 2 N–H and O–H groups in total. The lowest BCUT2D eigenvalue weighted by Gasteiger charge is -2.15. The van der Waals surface area contributed by atoms with Crippen LogP contribution in [-0.2, 0) is 7.05 Å². The number of hydrogen-bond acceptors (Lipinski definition) is 4. The summed E-state index contributed by atoms with van der Waals surface area (Å²) in [7, 11) is 1.78.